The Hall–Kier alpha value is -1.78. The second kappa shape index (κ2) is 4.61. The molecular weight excluding hydrogens is 222 g/mol. The summed E-state index contributed by atoms with van der Waals surface area (Å²) in [6.07, 6.45) is 0. The average molecular weight is 239 g/mol. The fourth-order valence-corrected chi connectivity index (χ4v) is 1.46. The highest BCUT2D eigenvalue weighted by Crippen LogP contribution is 2.25. The van der Waals surface area contributed by atoms with Gasteiger partial charge in [0.1, 0.15) is 11.2 Å². The molecule has 0 saturated heterocycles. The van der Waals surface area contributed by atoms with Crippen LogP contribution in [0.5, 0.6) is 0 Å². The van der Waals surface area contributed by atoms with Crippen LogP contribution in [0.3, 0.4) is 0 Å². The van der Waals surface area contributed by atoms with Gasteiger partial charge in [0.25, 0.3) is 0 Å². The lowest BCUT2D eigenvalue weighted by Crippen LogP contribution is -2.44. The van der Waals surface area contributed by atoms with E-state index >= 15 is 0 Å². The number of nitrogens with zero attached hydrogens (tertiary/aromatic N) is 1. The first-order valence-electron chi connectivity index (χ1n) is 5.23. The molecule has 0 fully saturated rings. The topological polar surface area (TPSA) is 59.8 Å². The van der Waals surface area contributed by atoms with Crippen molar-refractivity contribution < 1.29 is 18.7 Å². The van der Waals surface area contributed by atoms with Crippen LogP contribution in [0.4, 0.5) is 5.88 Å². The quantitative estimate of drug-likeness (QED) is 0.595. The molecule has 1 aromatic heterocycles. The Labute approximate surface area is 100 Å². The van der Waals surface area contributed by atoms with E-state index in [9.17, 15) is 9.59 Å². The standard InChI is InChI=1S/C12H17NO4/c1-8-6-7-9(17-8)13(4)10(14)12(2,3)11(15)16-5/h6-7H,1-5H3. The van der Waals surface area contributed by atoms with E-state index in [1.54, 1.807) is 26.1 Å². The van der Waals surface area contributed by atoms with Crippen molar-refractivity contribution in [2.75, 3.05) is 19.1 Å². The zero-order chi connectivity index (χ0) is 13.2. The fourth-order valence-electron chi connectivity index (χ4n) is 1.46. The number of carbonyl (C=O) groups excluding carboxylic acids is 2. The molecule has 1 amide bonds. The summed E-state index contributed by atoms with van der Waals surface area (Å²) in [7, 11) is 2.82. The minimum Gasteiger partial charge on any atom is -0.468 e. The van der Waals surface area contributed by atoms with Crippen LogP contribution in [-0.2, 0) is 14.3 Å². The number of methoxy groups -OCH3 is 1. The van der Waals surface area contributed by atoms with Crippen molar-refractivity contribution in [1.29, 1.82) is 0 Å². The Kier molecular flexibility index (Phi) is 3.60. The molecular formula is C12H17NO4. The predicted molar refractivity (Wildman–Crippen MR) is 62.7 cm³/mol. The Bertz CT molecular complexity index is 433. The Morgan fingerprint density at radius 1 is 1.35 bits per heavy atom. The molecule has 94 valence electrons. The molecule has 1 heterocycles. The number of rotatable bonds is 3. The van der Waals surface area contributed by atoms with Gasteiger partial charge in [-0.15, -0.1) is 0 Å². The predicted octanol–water partition coefficient (Wildman–Crippen LogP) is 1.75. The zero-order valence-electron chi connectivity index (χ0n) is 10.7. The van der Waals surface area contributed by atoms with Crippen LogP contribution in [0.2, 0.25) is 0 Å². The lowest BCUT2D eigenvalue weighted by molar-refractivity contribution is -0.155. The first-order chi connectivity index (χ1) is 7.80. The number of carbonyl (C=O) groups is 2. The molecule has 0 saturated carbocycles. The van der Waals surface area contributed by atoms with E-state index in [0.717, 1.165) is 0 Å². The van der Waals surface area contributed by atoms with Gasteiger partial charge in [-0.25, -0.2) is 0 Å². The summed E-state index contributed by atoms with van der Waals surface area (Å²) in [5.74, 6) is 0.163. The van der Waals surface area contributed by atoms with Gasteiger partial charge in [0.2, 0.25) is 11.8 Å². The third kappa shape index (κ3) is 2.49. The van der Waals surface area contributed by atoms with E-state index in [2.05, 4.69) is 4.74 Å². The number of amides is 1. The summed E-state index contributed by atoms with van der Waals surface area (Å²) in [5.41, 5.74) is -1.23. The summed E-state index contributed by atoms with van der Waals surface area (Å²) in [6.45, 7) is 4.83. The third-order valence-corrected chi connectivity index (χ3v) is 2.59. The minimum absolute atomic E-state index is 0.376. The van der Waals surface area contributed by atoms with Crippen LogP contribution in [-0.4, -0.2) is 26.0 Å². The van der Waals surface area contributed by atoms with Crippen LogP contribution in [0.15, 0.2) is 16.5 Å². The largest absolute Gasteiger partial charge is 0.468 e. The van der Waals surface area contributed by atoms with E-state index in [1.807, 2.05) is 0 Å². The van der Waals surface area contributed by atoms with E-state index < -0.39 is 11.4 Å². The second-order valence-electron chi connectivity index (χ2n) is 4.37. The van der Waals surface area contributed by atoms with Gasteiger partial charge in [-0.05, 0) is 26.8 Å². The van der Waals surface area contributed by atoms with Crippen molar-refractivity contribution in [3.05, 3.63) is 17.9 Å². The van der Waals surface area contributed by atoms with Crippen molar-refractivity contribution >= 4 is 17.8 Å². The molecule has 0 radical (unpaired) electrons. The highest BCUT2D eigenvalue weighted by molar-refractivity contribution is 6.08. The van der Waals surface area contributed by atoms with Crippen LogP contribution >= 0.6 is 0 Å². The highest BCUT2D eigenvalue weighted by Gasteiger charge is 2.40. The SMILES string of the molecule is COC(=O)C(C)(C)C(=O)N(C)c1ccc(C)o1. The highest BCUT2D eigenvalue weighted by atomic mass is 16.5. The third-order valence-electron chi connectivity index (χ3n) is 2.59. The number of ether oxygens (including phenoxy) is 1. The van der Waals surface area contributed by atoms with Crippen LogP contribution < -0.4 is 4.90 Å². The molecule has 17 heavy (non-hydrogen) atoms. The molecule has 0 spiro atoms. The van der Waals surface area contributed by atoms with Crippen molar-refractivity contribution in [3.63, 3.8) is 0 Å². The number of esters is 1. The van der Waals surface area contributed by atoms with E-state index in [-0.39, 0.29) is 5.91 Å². The fraction of sp³-hybridized carbons (Fsp3) is 0.500. The number of furan rings is 1. The number of anilines is 1. The molecule has 5 heteroatoms. The first-order valence-corrected chi connectivity index (χ1v) is 5.23. The average Bonchev–Trinajstić information content (AvgIpc) is 2.72. The molecule has 5 nitrogen and oxygen atoms in total. The van der Waals surface area contributed by atoms with E-state index in [4.69, 9.17) is 4.42 Å². The lowest BCUT2D eigenvalue weighted by atomic mass is 9.92. The normalized spacial score (nSPS) is 11.1. The van der Waals surface area contributed by atoms with Crippen molar-refractivity contribution in [1.82, 2.24) is 0 Å². The van der Waals surface area contributed by atoms with Gasteiger partial charge in [0.05, 0.1) is 7.11 Å². The van der Waals surface area contributed by atoms with Gasteiger partial charge in [0, 0.05) is 13.1 Å². The maximum Gasteiger partial charge on any atom is 0.320 e. The Morgan fingerprint density at radius 2 is 1.94 bits per heavy atom. The molecule has 0 aromatic carbocycles. The molecule has 0 bridgehead atoms. The summed E-state index contributed by atoms with van der Waals surface area (Å²) >= 11 is 0. The summed E-state index contributed by atoms with van der Waals surface area (Å²) < 4.78 is 9.94. The van der Waals surface area contributed by atoms with Crippen LogP contribution in [0.25, 0.3) is 0 Å². The molecule has 0 aliphatic heterocycles. The summed E-state index contributed by atoms with van der Waals surface area (Å²) in [6, 6.07) is 3.44. The van der Waals surface area contributed by atoms with Gasteiger partial charge in [-0.3, -0.25) is 14.5 Å². The van der Waals surface area contributed by atoms with Gasteiger partial charge < -0.3 is 9.15 Å². The monoisotopic (exact) mass is 239 g/mol. The minimum atomic E-state index is -1.23. The summed E-state index contributed by atoms with van der Waals surface area (Å²) in [5, 5.41) is 0. The smallest absolute Gasteiger partial charge is 0.320 e. The van der Waals surface area contributed by atoms with Crippen molar-refractivity contribution in [3.8, 4) is 0 Å². The maximum absolute atomic E-state index is 12.1. The molecule has 1 rings (SSSR count). The van der Waals surface area contributed by atoms with Crippen molar-refractivity contribution in [2.45, 2.75) is 20.8 Å². The maximum atomic E-state index is 12.1. The number of hydrogen-bond acceptors (Lipinski definition) is 4. The first kappa shape index (κ1) is 13.3. The molecule has 0 unspecified atom stereocenters. The number of hydrogen-bond donors (Lipinski definition) is 0. The Balaban J connectivity index is 2.94. The van der Waals surface area contributed by atoms with Crippen molar-refractivity contribution in [2.24, 2.45) is 5.41 Å². The number of aryl methyl sites for hydroxylation is 1. The molecule has 0 atom stereocenters. The van der Waals surface area contributed by atoms with E-state index in [1.165, 1.54) is 25.9 Å². The lowest BCUT2D eigenvalue weighted by Gasteiger charge is -2.25. The van der Waals surface area contributed by atoms with Gasteiger partial charge in [0.15, 0.2) is 0 Å². The van der Waals surface area contributed by atoms with Gasteiger partial charge >= 0.3 is 5.97 Å². The Morgan fingerprint density at radius 3 is 2.35 bits per heavy atom. The summed E-state index contributed by atoms with van der Waals surface area (Å²) in [4.78, 5) is 25.0. The second-order valence-corrected chi connectivity index (χ2v) is 4.37. The zero-order valence-corrected chi connectivity index (χ0v) is 10.7. The molecule has 0 aliphatic carbocycles. The molecule has 0 aliphatic rings. The molecule has 0 N–H and O–H groups in total. The van der Waals surface area contributed by atoms with Crippen LogP contribution in [0.1, 0.15) is 19.6 Å². The van der Waals surface area contributed by atoms with Gasteiger partial charge in [-0.2, -0.15) is 0 Å². The van der Waals surface area contributed by atoms with Gasteiger partial charge in [-0.1, -0.05) is 0 Å². The van der Waals surface area contributed by atoms with E-state index in [0.29, 0.717) is 11.6 Å². The molecule has 1 aromatic rings. The van der Waals surface area contributed by atoms with Crippen LogP contribution in [0, 0.1) is 12.3 Å².